The second-order valence-electron chi connectivity index (χ2n) is 4.26. The largest absolute Gasteiger partial charge is 0.389 e. The molecule has 7 nitrogen and oxygen atoms in total. The summed E-state index contributed by atoms with van der Waals surface area (Å²) in [4.78, 5) is 0. The lowest BCUT2D eigenvalue weighted by molar-refractivity contribution is 0.0489. The Bertz CT molecular complexity index is 337. The minimum Gasteiger partial charge on any atom is -0.389 e. The zero-order valence-electron chi connectivity index (χ0n) is 12.1. The van der Waals surface area contributed by atoms with Crippen LogP contribution in [0.4, 0.5) is 0 Å². The van der Waals surface area contributed by atoms with E-state index in [1.807, 2.05) is 0 Å². The van der Waals surface area contributed by atoms with Gasteiger partial charge in [-0.2, -0.15) is 0 Å². The van der Waals surface area contributed by atoms with Crippen LogP contribution in [0.25, 0.3) is 0 Å². The van der Waals surface area contributed by atoms with E-state index in [2.05, 4.69) is 0 Å². The molecule has 13 heteroatoms. The molecule has 0 aliphatic rings. The minimum atomic E-state index is -2.13. The van der Waals surface area contributed by atoms with Gasteiger partial charge >= 0.3 is 0 Å². The van der Waals surface area contributed by atoms with Gasteiger partial charge in [-0.15, -0.1) is 0 Å². The summed E-state index contributed by atoms with van der Waals surface area (Å²) in [6.07, 6.45) is -4.17. The van der Waals surface area contributed by atoms with Crippen LogP contribution < -0.4 is 0 Å². The Hall–Kier alpha value is 1.37. The first-order valence-corrected chi connectivity index (χ1v) is 13.6. The fourth-order valence-electron chi connectivity index (χ4n) is 1.08. The average molecular weight is 446 g/mol. The maximum Gasteiger partial charge on any atom is 0.155 e. The summed E-state index contributed by atoms with van der Waals surface area (Å²) < 4.78 is 29.3. The van der Waals surface area contributed by atoms with Crippen LogP contribution in [0, 0.1) is 0 Å². The van der Waals surface area contributed by atoms with Gasteiger partial charge in [0.05, 0.1) is 47.6 Å². The van der Waals surface area contributed by atoms with Crippen molar-refractivity contribution in [1.82, 2.24) is 0 Å². The van der Waals surface area contributed by atoms with Crippen LogP contribution >= 0.6 is 43.2 Å². The predicted molar refractivity (Wildman–Crippen MR) is 103 cm³/mol. The predicted octanol–water partition coefficient (Wildman–Crippen LogP) is -0.373. The van der Waals surface area contributed by atoms with E-state index >= 15 is 0 Å². The smallest absolute Gasteiger partial charge is 0.155 e. The molecule has 0 aromatic rings. The molecule has 23 heavy (non-hydrogen) atoms. The van der Waals surface area contributed by atoms with Gasteiger partial charge in [0.1, 0.15) is 0 Å². The van der Waals surface area contributed by atoms with E-state index in [-0.39, 0.29) is 28.9 Å². The SMILES string of the molecule is O=[S]C[C@@H](O)[C@H](O)CSSCCSSC[C@@H](O)[C@H](O)CS(=O)O. The third kappa shape index (κ3) is 14.2. The lowest BCUT2D eigenvalue weighted by atomic mass is 10.3. The van der Waals surface area contributed by atoms with Crippen LogP contribution in [0.3, 0.4) is 0 Å². The van der Waals surface area contributed by atoms with Crippen molar-refractivity contribution in [1.29, 1.82) is 0 Å². The van der Waals surface area contributed by atoms with Gasteiger partial charge in [0.2, 0.25) is 0 Å². The van der Waals surface area contributed by atoms with Gasteiger partial charge in [0.15, 0.2) is 11.1 Å². The van der Waals surface area contributed by atoms with E-state index in [1.165, 1.54) is 43.2 Å². The highest BCUT2D eigenvalue weighted by molar-refractivity contribution is 8.78. The van der Waals surface area contributed by atoms with Crippen molar-refractivity contribution < 1.29 is 33.4 Å². The lowest BCUT2D eigenvalue weighted by Gasteiger charge is -2.15. The van der Waals surface area contributed by atoms with Gasteiger partial charge in [-0.3, -0.25) is 0 Å². The van der Waals surface area contributed by atoms with E-state index in [0.717, 1.165) is 11.5 Å². The fraction of sp³-hybridized carbons (Fsp3) is 1.00. The highest BCUT2D eigenvalue weighted by Crippen LogP contribution is 2.28. The third-order valence-corrected chi connectivity index (χ3v) is 8.54. The highest BCUT2D eigenvalue weighted by atomic mass is 33.1. The molecule has 1 radical (unpaired) electrons. The maximum absolute atomic E-state index is 10.5. The Morgan fingerprint density at radius 2 is 1.17 bits per heavy atom. The first-order valence-electron chi connectivity index (χ1n) is 6.41. The van der Waals surface area contributed by atoms with E-state index in [1.54, 1.807) is 0 Å². The van der Waals surface area contributed by atoms with Crippen LogP contribution in [0.2, 0.25) is 0 Å². The standard InChI is InChI=1S/C10H21O7S6/c11-7(3-18-15)8(12)4-21-19-1-2-20-22-5-9(13)10(14)6-23(16)17/h7-14H,1-6H2,(H,16,17)/t7-,8-,9-,10-/m1/s1. The first-order chi connectivity index (χ1) is 10.9. The summed E-state index contributed by atoms with van der Waals surface area (Å²) in [5.74, 6) is 1.79. The van der Waals surface area contributed by atoms with Crippen LogP contribution in [0.1, 0.15) is 0 Å². The number of aliphatic hydroxyl groups is 4. The lowest BCUT2D eigenvalue weighted by Crippen LogP contribution is -2.32. The monoisotopic (exact) mass is 445 g/mol. The average Bonchev–Trinajstić information content (AvgIpc) is 2.48. The van der Waals surface area contributed by atoms with Gasteiger partial charge in [-0.1, -0.05) is 43.2 Å². The first kappa shape index (κ1) is 24.4. The van der Waals surface area contributed by atoms with E-state index in [9.17, 15) is 28.8 Å². The number of hydrogen-bond acceptors (Lipinski definition) is 10. The topological polar surface area (TPSA) is 135 Å². The highest BCUT2D eigenvalue weighted by Gasteiger charge is 2.18. The summed E-state index contributed by atoms with van der Waals surface area (Å²) in [7, 11) is 5.82. The second kappa shape index (κ2) is 15.6. The molecule has 0 saturated heterocycles. The summed E-state index contributed by atoms with van der Waals surface area (Å²) in [5.41, 5.74) is 0. The van der Waals surface area contributed by atoms with Crippen molar-refractivity contribution in [2.75, 3.05) is 34.5 Å². The summed E-state index contributed by atoms with van der Waals surface area (Å²) in [6.45, 7) is 0. The van der Waals surface area contributed by atoms with Gasteiger partial charge in [-0.05, 0) is 0 Å². The van der Waals surface area contributed by atoms with Crippen molar-refractivity contribution in [2.45, 2.75) is 24.4 Å². The van der Waals surface area contributed by atoms with Crippen molar-refractivity contribution in [2.24, 2.45) is 0 Å². The molecule has 139 valence electrons. The second-order valence-corrected chi connectivity index (χ2v) is 11.1. The minimum absolute atomic E-state index is 0.0308. The Morgan fingerprint density at radius 3 is 1.61 bits per heavy atom. The van der Waals surface area contributed by atoms with E-state index in [0.29, 0.717) is 5.75 Å². The molecule has 0 bridgehead atoms. The van der Waals surface area contributed by atoms with Crippen LogP contribution in [0.15, 0.2) is 0 Å². The number of hydrogen-bond donors (Lipinski definition) is 5. The molecule has 5 atom stereocenters. The Labute approximate surface area is 157 Å². The van der Waals surface area contributed by atoms with Gasteiger partial charge < -0.3 is 25.0 Å². The van der Waals surface area contributed by atoms with Gasteiger partial charge in [0.25, 0.3) is 0 Å². The molecule has 0 aromatic carbocycles. The Morgan fingerprint density at radius 1 is 0.739 bits per heavy atom. The normalized spacial score (nSPS) is 18.1. The van der Waals surface area contributed by atoms with Crippen LogP contribution in [0.5, 0.6) is 0 Å². The molecule has 0 fully saturated rings. The third-order valence-electron chi connectivity index (χ3n) is 2.33. The fourth-order valence-corrected chi connectivity index (χ4v) is 7.00. The summed E-state index contributed by atoms with van der Waals surface area (Å²) in [6, 6.07) is 0. The van der Waals surface area contributed by atoms with Crippen LogP contribution in [-0.4, -0.2) is 92.3 Å². The molecule has 5 N–H and O–H groups in total. The van der Waals surface area contributed by atoms with E-state index < -0.39 is 35.5 Å². The molecular weight excluding hydrogens is 425 g/mol. The zero-order valence-corrected chi connectivity index (χ0v) is 17.0. The molecular formula is C10H21O7S6. The van der Waals surface area contributed by atoms with Crippen LogP contribution in [-0.2, 0) is 22.7 Å². The Kier molecular flexibility index (Phi) is 16.5. The number of aliphatic hydroxyl groups excluding tert-OH is 4. The van der Waals surface area contributed by atoms with Gasteiger partial charge in [0, 0.05) is 23.0 Å². The molecule has 0 heterocycles. The molecule has 0 amide bonds. The Balaban J connectivity index is 3.49. The molecule has 0 spiro atoms. The molecule has 0 aliphatic heterocycles. The van der Waals surface area contributed by atoms with E-state index in [4.69, 9.17) is 4.55 Å². The maximum atomic E-state index is 10.5. The van der Waals surface area contributed by atoms with Crippen molar-refractivity contribution in [3.8, 4) is 0 Å². The molecule has 0 aliphatic carbocycles. The van der Waals surface area contributed by atoms with Crippen molar-refractivity contribution in [3.63, 3.8) is 0 Å². The summed E-state index contributed by atoms with van der Waals surface area (Å²) in [5, 5.41) is 37.8. The molecule has 0 aromatic heterocycles. The quantitative estimate of drug-likeness (QED) is 0.128. The van der Waals surface area contributed by atoms with Crippen molar-refractivity contribution >= 4 is 65.9 Å². The molecule has 0 saturated carbocycles. The molecule has 1 unspecified atom stereocenters. The zero-order chi connectivity index (χ0) is 17.7. The molecule has 0 rings (SSSR count). The van der Waals surface area contributed by atoms with Gasteiger partial charge in [-0.25, -0.2) is 8.42 Å². The summed E-state index contributed by atoms with van der Waals surface area (Å²) >= 11 is -1.88. The number of rotatable bonds is 15. The van der Waals surface area contributed by atoms with Crippen molar-refractivity contribution in [3.05, 3.63) is 0 Å².